The van der Waals surface area contributed by atoms with Gasteiger partial charge in [0.15, 0.2) is 0 Å². The Hall–Kier alpha value is -2.38. The van der Waals surface area contributed by atoms with Crippen molar-refractivity contribution < 1.29 is 13.2 Å². The minimum absolute atomic E-state index is 0.0488. The lowest BCUT2D eigenvalue weighted by Gasteiger charge is -2.43. The number of carbonyl (C=O) groups excluding carboxylic acids is 1. The molecule has 4 aliphatic rings. The van der Waals surface area contributed by atoms with E-state index in [0.717, 1.165) is 31.5 Å². The highest BCUT2D eigenvalue weighted by Crippen LogP contribution is 2.32. The number of hydrogen-bond acceptors (Lipinski definition) is 3. The lowest BCUT2D eigenvalue weighted by atomic mass is 9.88. The van der Waals surface area contributed by atoms with Crippen LogP contribution < -0.4 is 4.72 Å². The van der Waals surface area contributed by atoms with Gasteiger partial charge >= 0.3 is 6.03 Å². The van der Waals surface area contributed by atoms with Crippen LogP contribution >= 0.6 is 0 Å². The predicted molar refractivity (Wildman–Crippen MR) is 121 cm³/mol. The van der Waals surface area contributed by atoms with Crippen LogP contribution in [0.5, 0.6) is 0 Å². The molecular formula is C24H29N3O3S. The minimum atomic E-state index is -3.35. The fourth-order valence-corrected chi connectivity index (χ4v) is 6.16. The summed E-state index contributed by atoms with van der Waals surface area (Å²) in [6.45, 7) is 2.17. The average Bonchev–Trinajstić information content (AvgIpc) is 3.07. The van der Waals surface area contributed by atoms with Crippen molar-refractivity contribution in [3.8, 4) is 11.1 Å². The van der Waals surface area contributed by atoms with E-state index in [4.69, 9.17) is 0 Å². The number of aryl methyl sites for hydroxylation is 1. The molecule has 31 heavy (non-hydrogen) atoms. The van der Waals surface area contributed by atoms with Crippen molar-refractivity contribution in [2.24, 2.45) is 5.92 Å². The van der Waals surface area contributed by atoms with Crippen molar-refractivity contribution in [1.82, 2.24) is 14.5 Å². The minimum Gasteiger partial charge on any atom is -0.324 e. The van der Waals surface area contributed by atoms with Crippen LogP contribution in [0.25, 0.3) is 11.1 Å². The summed E-state index contributed by atoms with van der Waals surface area (Å²) in [7, 11) is -3.35. The van der Waals surface area contributed by atoms with Crippen molar-refractivity contribution in [2.75, 3.05) is 25.9 Å². The van der Waals surface area contributed by atoms with E-state index in [1.807, 2.05) is 9.80 Å². The van der Waals surface area contributed by atoms with Gasteiger partial charge in [-0.2, -0.15) is 0 Å². The van der Waals surface area contributed by atoms with E-state index < -0.39 is 10.0 Å². The van der Waals surface area contributed by atoms with Crippen molar-refractivity contribution in [2.45, 2.75) is 37.8 Å². The standard InChI is InChI=1S/C24H29N3O3S/c1-31(29,30)25-22-11-12-27-23(22)14-17-5-4-7-20(13-17)21-8-3-2-6-19(21)10-9-18-15-26(16-18)24(27)28/h2-8,13,18,22-23,25H,9-12,14-16H2,1H3. The third-order valence-corrected chi connectivity index (χ3v) is 7.64. The quantitative estimate of drug-likeness (QED) is 0.782. The van der Waals surface area contributed by atoms with Crippen LogP contribution in [0.3, 0.4) is 0 Å². The maximum absolute atomic E-state index is 13.2. The summed E-state index contributed by atoms with van der Waals surface area (Å²) < 4.78 is 26.7. The Balaban J connectivity index is 1.54. The lowest BCUT2D eigenvalue weighted by molar-refractivity contribution is 0.0827. The molecule has 0 saturated carbocycles. The number of carbonyl (C=O) groups is 1. The van der Waals surface area contributed by atoms with Gasteiger partial charge in [-0.3, -0.25) is 0 Å². The molecule has 1 N–H and O–H groups in total. The Morgan fingerprint density at radius 1 is 1.03 bits per heavy atom. The molecule has 2 atom stereocenters. The first-order chi connectivity index (χ1) is 14.9. The number of benzene rings is 2. The number of rotatable bonds is 2. The number of urea groups is 1. The van der Waals surface area contributed by atoms with Crippen molar-refractivity contribution in [1.29, 1.82) is 0 Å². The molecule has 2 fully saturated rings. The molecular weight excluding hydrogens is 410 g/mol. The van der Waals surface area contributed by atoms with Gasteiger partial charge in [0, 0.05) is 25.7 Å². The second-order valence-corrected chi connectivity index (χ2v) is 11.0. The summed E-state index contributed by atoms with van der Waals surface area (Å²) in [6, 6.07) is 16.7. The van der Waals surface area contributed by atoms with E-state index in [-0.39, 0.29) is 18.1 Å². The van der Waals surface area contributed by atoms with Gasteiger partial charge < -0.3 is 9.80 Å². The molecule has 4 heterocycles. The molecule has 2 unspecified atom stereocenters. The van der Waals surface area contributed by atoms with Crippen molar-refractivity contribution >= 4 is 16.1 Å². The Labute approximate surface area is 184 Å². The fraction of sp³-hybridized carbons (Fsp3) is 0.458. The van der Waals surface area contributed by atoms with Gasteiger partial charge in [0.25, 0.3) is 0 Å². The lowest BCUT2D eigenvalue weighted by Crippen LogP contribution is -2.57. The Morgan fingerprint density at radius 3 is 2.65 bits per heavy atom. The van der Waals surface area contributed by atoms with E-state index in [1.54, 1.807) is 0 Å². The van der Waals surface area contributed by atoms with Gasteiger partial charge in [0.1, 0.15) is 0 Å². The van der Waals surface area contributed by atoms with Gasteiger partial charge in [0.2, 0.25) is 10.0 Å². The zero-order valence-corrected chi connectivity index (χ0v) is 18.6. The summed E-state index contributed by atoms with van der Waals surface area (Å²) in [5.74, 6) is 0.525. The molecule has 0 radical (unpaired) electrons. The fourth-order valence-electron chi connectivity index (χ4n) is 5.33. The van der Waals surface area contributed by atoms with Crippen LogP contribution in [-0.2, 0) is 22.9 Å². The van der Waals surface area contributed by atoms with Crippen LogP contribution in [0.15, 0.2) is 48.5 Å². The maximum Gasteiger partial charge on any atom is 0.320 e. The highest BCUT2D eigenvalue weighted by molar-refractivity contribution is 7.88. The number of fused-ring (bicyclic) bond motifs is 1. The SMILES string of the molecule is CS(=O)(=O)NC1CCN2C(=O)N3CC(CCc4ccccc4-c4cccc(c4)CC12)C3. The molecule has 0 spiro atoms. The Bertz CT molecular complexity index is 1090. The van der Waals surface area contributed by atoms with E-state index in [1.165, 1.54) is 22.9 Å². The number of sulfonamides is 1. The van der Waals surface area contributed by atoms with E-state index in [0.29, 0.717) is 25.3 Å². The van der Waals surface area contributed by atoms with Crippen LogP contribution in [0.1, 0.15) is 24.0 Å². The van der Waals surface area contributed by atoms with Crippen molar-refractivity contribution in [3.05, 3.63) is 59.7 Å². The molecule has 7 heteroatoms. The predicted octanol–water partition coefficient (Wildman–Crippen LogP) is 2.89. The van der Waals surface area contributed by atoms with Crippen LogP contribution in [0.4, 0.5) is 4.79 Å². The molecule has 0 aromatic heterocycles. The Kier molecular flexibility index (Phi) is 5.26. The summed E-state index contributed by atoms with van der Waals surface area (Å²) in [5.41, 5.74) is 4.92. The molecule has 2 saturated heterocycles. The van der Waals surface area contributed by atoms with Gasteiger partial charge in [-0.1, -0.05) is 48.5 Å². The maximum atomic E-state index is 13.2. The first-order valence-corrected chi connectivity index (χ1v) is 13.0. The average molecular weight is 440 g/mol. The second-order valence-electron chi connectivity index (χ2n) is 9.20. The third-order valence-electron chi connectivity index (χ3n) is 6.91. The number of nitrogens with zero attached hydrogens (tertiary/aromatic N) is 2. The second kappa shape index (κ2) is 7.95. The van der Waals surface area contributed by atoms with Gasteiger partial charge in [0.05, 0.1) is 12.3 Å². The van der Waals surface area contributed by atoms with Gasteiger partial charge in [-0.15, -0.1) is 0 Å². The molecule has 164 valence electrons. The molecule has 6 nitrogen and oxygen atoms in total. The van der Waals surface area contributed by atoms with Crippen LogP contribution in [0.2, 0.25) is 0 Å². The molecule has 4 aliphatic heterocycles. The molecule has 4 bridgehead atoms. The van der Waals surface area contributed by atoms with E-state index >= 15 is 0 Å². The first-order valence-electron chi connectivity index (χ1n) is 11.1. The molecule has 6 rings (SSSR count). The number of hydrogen-bond donors (Lipinski definition) is 1. The zero-order valence-electron chi connectivity index (χ0n) is 17.8. The monoisotopic (exact) mass is 439 g/mol. The summed E-state index contributed by atoms with van der Waals surface area (Å²) in [5, 5.41) is 0. The summed E-state index contributed by atoms with van der Waals surface area (Å²) >= 11 is 0. The number of nitrogens with one attached hydrogen (secondary N) is 1. The normalized spacial score (nSPS) is 26.0. The Morgan fingerprint density at radius 2 is 1.84 bits per heavy atom. The third kappa shape index (κ3) is 4.21. The summed E-state index contributed by atoms with van der Waals surface area (Å²) in [4.78, 5) is 17.1. The van der Waals surface area contributed by atoms with Crippen molar-refractivity contribution in [3.63, 3.8) is 0 Å². The van der Waals surface area contributed by atoms with E-state index in [9.17, 15) is 13.2 Å². The van der Waals surface area contributed by atoms with Crippen LogP contribution in [-0.4, -0.2) is 62.2 Å². The largest absolute Gasteiger partial charge is 0.324 e. The van der Waals surface area contributed by atoms with Gasteiger partial charge in [-0.05, 0) is 53.9 Å². The number of amides is 2. The smallest absolute Gasteiger partial charge is 0.320 e. The zero-order chi connectivity index (χ0) is 21.6. The molecule has 0 aliphatic carbocycles. The molecule has 2 aromatic rings. The molecule has 2 amide bonds. The summed E-state index contributed by atoms with van der Waals surface area (Å²) in [6.07, 6.45) is 4.55. The molecule has 2 aromatic carbocycles. The van der Waals surface area contributed by atoms with Gasteiger partial charge in [-0.25, -0.2) is 17.9 Å². The van der Waals surface area contributed by atoms with Crippen LogP contribution in [0, 0.1) is 5.92 Å². The highest BCUT2D eigenvalue weighted by Gasteiger charge is 2.42. The highest BCUT2D eigenvalue weighted by atomic mass is 32.2. The van der Waals surface area contributed by atoms with E-state index in [2.05, 4.69) is 53.3 Å². The topological polar surface area (TPSA) is 69.7 Å². The first kappa shape index (κ1) is 20.5.